The molecule has 1 aromatic rings. The van der Waals surface area contributed by atoms with E-state index in [-0.39, 0.29) is 17.9 Å². The van der Waals surface area contributed by atoms with Crippen LogP contribution in [0.3, 0.4) is 0 Å². The maximum atomic E-state index is 14.3. The first-order valence-electron chi connectivity index (χ1n) is 5.58. The predicted octanol–water partition coefficient (Wildman–Crippen LogP) is 1.71. The van der Waals surface area contributed by atoms with E-state index in [0.717, 1.165) is 0 Å². The molecule has 0 aromatic heterocycles. The van der Waals surface area contributed by atoms with Crippen LogP contribution in [0.2, 0.25) is 0 Å². The minimum absolute atomic E-state index is 0.108. The number of hydrogen-bond donors (Lipinski definition) is 0. The summed E-state index contributed by atoms with van der Waals surface area (Å²) in [7, 11) is -4.15. The molecule has 6 heteroatoms. The number of carbonyl (C=O) groups excluding carboxylic acids is 1. The fourth-order valence-electron chi connectivity index (χ4n) is 1.81. The largest absolute Gasteiger partial charge is 0.466 e. The van der Waals surface area contributed by atoms with Gasteiger partial charge >= 0.3 is 5.97 Å². The van der Waals surface area contributed by atoms with Crippen LogP contribution in [-0.4, -0.2) is 26.0 Å². The van der Waals surface area contributed by atoms with Crippen molar-refractivity contribution >= 4 is 15.8 Å². The highest BCUT2D eigenvalue weighted by Crippen LogP contribution is 2.54. The van der Waals surface area contributed by atoms with Crippen LogP contribution in [0.25, 0.3) is 0 Å². The first-order valence-corrected chi connectivity index (χ1v) is 7.07. The van der Waals surface area contributed by atoms with Crippen molar-refractivity contribution in [3.63, 3.8) is 0 Å². The molecule has 18 heavy (non-hydrogen) atoms. The molecule has 0 spiro atoms. The third-order valence-electron chi connectivity index (χ3n) is 2.91. The molecular weight excluding hydrogens is 259 g/mol. The van der Waals surface area contributed by atoms with E-state index in [1.807, 2.05) is 0 Å². The SMILES string of the molecule is CCOC(=O)[C@H]1C[C@]1(F)S(=O)(=O)c1ccccc1. The lowest BCUT2D eigenvalue weighted by atomic mass is 10.4. The lowest BCUT2D eigenvalue weighted by molar-refractivity contribution is -0.145. The van der Waals surface area contributed by atoms with Crippen molar-refractivity contribution in [1.82, 2.24) is 0 Å². The van der Waals surface area contributed by atoms with Crippen LogP contribution in [0, 0.1) is 5.92 Å². The molecule has 0 saturated heterocycles. The summed E-state index contributed by atoms with van der Waals surface area (Å²) in [5.74, 6) is -2.00. The fourth-order valence-corrected chi connectivity index (χ4v) is 3.58. The molecule has 0 N–H and O–H groups in total. The second-order valence-electron chi connectivity index (χ2n) is 4.11. The Morgan fingerprint density at radius 1 is 1.44 bits per heavy atom. The third kappa shape index (κ3) is 1.90. The van der Waals surface area contributed by atoms with Crippen LogP contribution in [0.4, 0.5) is 4.39 Å². The molecule has 0 radical (unpaired) electrons. The van der Waals surface area contributed by atoms with E-state index in [1.165, 1.54) is 24.3 Å². The zero-order valence-corrected chi connectivity index (χ0v) is 10.6. The van der Waals surface area contributed by atoms with E-state index in [0.29, 0.717) is 0 Å². The normalized spacial score (nSPS) is 26.7. The molecule has 0 bridgehead atoms. The monoisotopic (exact) mass is 272 g/mol. The van der Waals surface area contributed by atoms with E-state index in [2.05, 4.69) is 4.74 Å². The average molecular weight is 272 g/mol. The molecule has 98 valence electrons. The lowest BCUT2D eigenvalue weighted by Crippen LogP contribution is -2.24. The van der Waals surface area contributed by atoms with Gasteiger partial charge in [0.25, 0.3) is 0 Å². The van der Waals surface area contributed by atoms with Crippen molar-refractivity contribution in [3.8, 4) is 0 Å². The van der Waals surface area contributed by atoms with Gasteiger partial charge in [0.1, 0.15) is 5.92 Å². The van der Waals surface area contributed by atoms with Crippen LogP contribution in [0.1, 0.15) is 13.3 Å². The molecule has 1 aromatic carbocycles. The topological polar surface area (TPSA) is 60.4 Å². The van der Waals surface area contributed by atoms with Gasteiger partial charge in [-0.2, -0.15) is 0 Å². The summed E-state index contributed by atoms with van der Waals surface area (Å²) in [6, 6.07) is 7.30. The summed E-state index contributed by atoms with van der Waals surface area (Å²) in [6.07, 6.45) is -0.330. The van der Waals surface area contributed by atoms with Crippen LogP contribution in [0.5, 0.6) is 0 Å². The Hall–Kier alpha value is -1.43. The molecule has 1 saturated carbocycles. The van der Waals surface area contributed by atoms with Crippen molar-refractivity contribution < 1.29 is 22.3 Å². The number of ether oxygens (including phenoxy) is 1. The third-order valence-corrected chi connectivity index (χ3v) is 5.15. The Labute approximate surface area is 105 Å². The van der Waals surface area contributed by atoms with Gasteiger partial charge in [0.2, 0.25) is 14.8 Å². The van der Waals surface area contributed by atoms with Crippen molar-refractivity contribution in [3.05, 3.63) is 30.3 Å². The van der Waals surface area contributed by atoms with Gasteiger partial charge < -0.3 is 4.74 Å². The smallest absolute Gasteiger partial charge is 0.313 e. The van der Waals surface area contributed by atoms with Gasteiger partial charge in [-0.3, -0.25) is 4.79 Å². The first-order chi connectivity index (χ1) is 8.43. The van der Waals surface area contributed by atoms with Crippen LogP contribution in [-0.2, 0) is 19.4 Å². The van der Waals surface area contributed by atoms with Crippen molar-refractivity contribution in [2.24, 2.45) is 5.92 Å². The number of esters is 1. The van der Waals surface area contributed by atoms with Crippen molar-refractivity contribution in [2.45, 2.75) is 23.2 Å². The summed E-state index contributed by atoms with van der Waals surface area (Å²) in [5.41, 5.74) is 0. The van der Waals surface area contributed by atoms with Gasteiger partial charge in [-0.1, -0.05) is 18.2 Å². The maximum absolute atomic E-state index is 14.3. The van der Waals surface area contributed by atoms with Gasteiger partial charge in [-0.15, -0.1) is 0 Å². The first kappa shape index (κ1) is 13.0. The second kappa shape index (κ2) is 4.35. The van der Waals surface area contributed by atoms with Crippen LogP contribution in [0.15, 0.2) is 35.2 Å². The van der Waals surface area contributed by atoms with E-state index in [1.54, 1.807) is 13.0 Å². The standard InChI is InChI=1S/C12H13FO4S/c1-2-17-11(14)10-8-12(10,13)18(15,16)9-6-4-3-5-7-9/h3-7,10H,2,8H2,1H3/t10-,12+/m1/s1. The number of rotatable bonds is 4. The maximum Gasteiger partial charge on any atom is 0.313 e. The Bertz CT molecular complexity index is 555. The molecule has 0 aliphatic heterocycles. The molecule has 2 rings (SSSR count). The Kier molecular flexibility index (Phi) is 3.14. The Morgan fingerprint density at radius 2 is 2.06 bits per heavy atom. The number of halogens is 1. The highest BCUT2D eigenvalue weighted by atomic mass is 32.2. The molecule has 1 aliphatic rings. The quantitative estimate of drug-likeness (QED) is 0.783. The van der Waals surface area contributed by atoms with Crippen LogP contribution >= 0.6 is 0 Å². The number of sulfone groups is 1. The van der Waals surface area contributed by atoms with Crippen LogP contribution < -0.4 is 0 Å². The van der Waals surface area contributed by atoms with Gasteiger partial charge in [0, 0.05) is 6.42 Å². The molecular formula is C12H13FO4S. The van der Waals surface area contributed by atoms with E-state index in [9.17, 15) is 17.6 Å². The second-order valence-corrected chi connectivity index (χ2v) is 6.27. The summed E-state index contributed by atoms with van der Waals surface area (Å²) in [5, 5.41) is -2.51. The van der Waals surface area contributed by atoms with Gasteiger partial charge in [0.05, 0.1) is 11.5 Å². The summed E-state index contributed by atoms with van der Waals surface area (Å²) in [6.45, 7) is 1.70. The molecule has 0 amide bonds. The highest BCUT2D eigenvalue weighted by Gasteiger charge is 2.69. The molecule has 1 fully saturated rings. The lowest BCUT2D eigenvalue weighted by Gasteiger charge is -2.09. The zero-order valence-electron chi connectivity index (χ0n) is 9.80. The predicted molar refractivity (Wildman–Crippen MR) is 62.2 cm³/mol. The van der Waals surface area contributed by atoms with E-state index in [4.69, 9.17) is 0 Å². The number of alkyl halides is 1. The van der Waals surface area contributed by atoms with Crippen molar-refractivity contribution in [1.29, 1.82) is 0 Å². The Morgan fingerprint density at radius 3 is 2.61 bits per heavy atom. The van der Waals surface area contributed by atoms with Crippen molar-refractivity contribution in [2.75, 3.05) is 6.61 Å². The minimum atomic E-state index is -4.15. The minimum Gasteiger partial charge on any atom is -0.466 e. The summed E-state index contributed by atoms with van der Waals surface area (Å²) in [4.78, 5) is 11.3. The molecule has 2 atom stereocenters. The number of carbonyl (C=O) groups is 1. The van der Waals surface area contributed by atoms with Gasteiger partial charge in [-0.25, -0.2) is 12.8 Å². The van der Waals surface area contributed by atoms with Gasteiger partial charge in [-0.05, 0) is 19.1 Å². The molecule has 0 unspecified atom stereocenters. The Balaban J connectivity index is 2.26. The van der Waals surface area contributed by atoms with E-state index >= 15 is 0 Å². The average Bonchev–Trinajstić information content (AvgIpc) is 3.05. The summed E-state index contributed by atoms with van der Waals surface area (Å²) >= 11 is 0. The fraction of sp³-hybridized carbons (Fsp3) is 0.417. The zero-order chi connectivity index (χ0) is 13.4. The molecule has 0 heterocycles. The highest BCUT2D eigenvalue weighted by molar-refractivity contribution is 7.93. The molecule has 4 nitrogen and oxygen atoms in total. The number of hydrogen-bond acceptors (Lipinski definition) is 4. The van der Waals surface area contributed by atoms with E-state index < -0.39 is 26.7 Å². The summed E-state index contributed by atoms with van der Waals surface area (Å²) < 4.78 is 43.1. The van der Waals surface area contributed by atoms with Gasteiger partial charge in [0.15, 0.2) is 0 Å². The number of benzene rings is 1. The molecule has 1 aliphatic carbocycles.